The second-order valence-corrected chi connectivity index (χ2v) is 5.30. The second kappa shape index (κ2) is 6.99. The van der Waals surface area contributed by atoms with Crippen molar-refractivity contribution < 1.29 is 29.3 Å². The number of carboxylic acid groups (broad SMARTS) is 1. The molecular formula is C17H17NO6. The van der Waals surface area contributed by atoms with Gasteiger partial charge in [-0.2, -0.15) is 0 Å². The van der Waals surface area contributed by atoms with Crippen LogP contribution in [0.1, 0.15) is 33.3 Å². The van der Waals surface area contributed by atoms with Crippen LogP contribution >= 0.6 is 0 Å². The summed E-state index contributed by atoms with van der Waals surface area (Å²) in [5.41, 5.74) is 0.248. The highest BCUT2D eigenvalue weighted by atomic mass is 16.5. The van der Waals surface area contributed by atoms with E-state index in [4.69, 9.17) is 9.84 Å². The van der Waals surface area contributed by atoms with Crippen LogP contribution in [-0.4, -0.2) is 38.6 Å². The lowest BCUT2D eigenvalue weighted by Gasteiger charge is -2.13. The van der Waals surface area contributed by atoms with Crippen molar-refractivity contribution in [1.82, 2.24) is 4.57 Å². The molecule has 0 radical (unpaired) electrons. The van der Waals surface area contributed by atoms with E-state index in [1.807, 2.05) is 0 Å². The van der Waals surface area contributed by atoms with Crippen LogP contribution in [0.15, 0.2) is 36.5 Å². The number of carbonyl (C=O) groups excluding carboxylic acids is 2. The summed E-state index contributed by atoms with van der Waals surface area (Å²) < 4.78 is 6.45. The molecule has 1 aromatic carbocycles. The van der Waals surface area contributed by atoms with Gasteiger partial charge in [0.15, 0.2) is 6.10 Å². The fourth-order valence-electron chi connectivity index (χ4n) is 2.34. The standard InChI is InChI=1S/C17H17NO6/c1-10(16(22)11-6-4-3-5-7-11)24-17(23)15-12(8-14(20)21)18(2)9-13(15)19/h3-7,9-10,19H,8H2,1-2H3,(H,20,21). The number of hydrogen-bond acceptors (Lipinski definition) is 5. The van der Waals surface area contributed by atoms with Gasteiger partial charge in [0.05, 0.1) is 6.42 Å². The number of carboxylic acids is 1. The van der Waals surface area contributed by atoms with Crippen LogP contribution in [-0.2, 0) is 23.0 Å². The zero-order valence-electron chi connectivity index (χ0n) is 13.2. The zero-order chi connectivity index (χ0) is 17.9. The monoisotopic (exact) mass is 331 g/mol. The van der Waals surface area contributed by atoms with Gasteiger partial charge < -0.3 is 19.5 Å². The van der Waals surface area contributed by atoms with Crippen LogP contribution in [0.2, 0.25) is 0 Å². The van der Waals surface area contributed by atoms with E-state index < -0.39 is 30.2 Å². The summed E-state index contributed by atoms with van der Waals surface area (Å²) in [4.78, 5) is 35.4. The summed E-state index contributed by atoms with van der Waals surface area (Å²) in [6, 6.07) is 8.34. The Balaban J connectivity index is 2.21. The van der Waals surface area contributed by atoms with E-state index >= 15 is 0 Å². The average Bonchev–Trinajstić information content (AvgIpc) is 2.80. The molecule has 0 bridgehead atoms. The maximum absolute atomic E-state index is 12.3. The maximum atomic E-state index is 12.3. The number of esters is 1. The topological polar surface area (TPSA) is 106 Å². The number of aromatic hydroxyl groups is 1. The molecule has 7 nitrogen and oxygen atoms in total. The molecule has 0 aliphatic carbocycles. The molecule has 1 aromatic heterocycles. The van der Waals surface area contributed by atoms with Crippen molar-refractivity contribution in [3.05, 3.63) is 53.3 Å². The molecule has 2 aromatic rings. The molecule has 0 spiro atoms. The third-order valence-electron chi connectivity index (χ3n) is 3.52. The lowest BCUT2D eigenvalue weighted by Crippen LogP contribution is -2.25. The molecule has 0 aliphatic heterocycles. The molecule has 0 amide bonds. The van der Waals surface area contributed by atoms with Gasteiger partial charge in [-0.25, -0.2) is 4.79 Å². The van der Waals surface area contributed by atoms with Gasteiger partial charge in [0, 0.05) is 24.5 Å². The van der Waals surface area contributed by atoms with E-state index in [2.05, 4.69) is 0 Å². The summed E-state index contributed by atoms with van der Waals surface area (Å²) in [5, 5.41) is 18.8. The highest BCUT2D eigenvalue weighted by molar-refractivity contribution is 6.02. The fourth-order valence-corrected chi connectivity index (χ4v) is 2.34. The Kier molecular flexibility index (Phi) is 5.03. The molecule has 1 unspecified atom stereocenters. The predicted octanol–water partition coefficient (Wildman–Crippen LogP) is 1.79. The van der Waals surface area contributed by atoms with Gasteiger partial charge in [-0.1, -0.05) is 30.3 Å². The third-order valence-corrected chi connectivity index (χ3v) is 3.52. The summed E-state index contributed by atoms with van der Waals surface area (Å²) in [6.45, 7) is 1.42. The highest BCUT2D eigenvalue weighted by Crippen LogP contribution is 2.25. The van der Waals surface area contributed by atoms with Crippen molar-refractivity contribution in [2.24, 2.45) is 7.05 Å². The Morgan fingerprint density at radius 1 is 1.21 bits per heavy atom. The molecule has 0 fully saturated rings. The van der Waals surface area contributed by atoms with Gasteiger partial charge in [0.25, 0.3) is 0 Å². The van der Waals surface area contributed by atoms with E-state index in [1.165, 1.54) is 24.7 Å². The number of nitrogens with zero attached hydrogens (tertiary/aromatic N) is 1. The fraction of sp³-hybridized carbons (Fsp3) is 0.235. The number of Topliss-reactive ketones (excluding diaryl/α,β-unsaturated/α-hetero) is 1. The van der Waals surface area contributed by atoms with Crippen molar-refractivity contribution in [3.8, 4) is 5.75 Å². The van der Waals surface area contributed by atoms with Crippen LogP contribution in [0.5, 0.6) is 5.75 Å². The van der Waals surface area contributed by atoms with Gasteiger partial charge in [-0.15, -0.1) is 0 Å². The van der Waals surface area contributed by atoms with Gasteiger partial charge in [0.2, 0.25) is 5.78 Å². The normalized spacial score (nSPS) is 11.8. The quantitative estimate of drug-likeness (QED) is 0.617. The number of hydrogen-bond donors (Lipinski definition) is 2. The lowest BCUT2D eigenvalue weighted by molar-refractivity contribution is -0.136. The Bertz CT molecular complexity index is 778. The number of benzene rings is 1. The molecule has 0 saturated carbocycles. The number of aromatic nitrogens is 1. The molecule has 1 heterocycles. The molecule has 126 valence electrons. The van der Waals surface area contributed by atoms with Gasteiger partial charge >= 0.3 is 11.9 Å². The van der Waals surface area contributed by atoms with Gasteiger partial charge in [0.1, 0.15) is 11.3 Å². The number of ketones is 1. The van der Waals surface area contributed by atoms with Crippen molar-refractivity contribution in [2.75, 3.05) is 0 Å². The van der Waals surface area contributed by atoms with Crippen LogP contribution in [0.4, 0.5) is 0 Å². The van der Waals surface area contributed by atoms with E-state index in [9.17, 15) is 19.5 Å². The first-order valence-corrected chi connectivity index (χ1v) is 7.20. The van der Waals surface area contributed by atoms with Crippen LogP contribution in [0.3, 0.4) is 0 Å². The largest absolute Gasteiger partial charge is 0.505 e. The van der Waals surface area contributed by atoms with Crippen molar-refractivity contribution in [3.63, 3.8) is 0 Å². The van der Waals surface area contributed by atoms with Crippen molar-refractivity contribution in [2.45, 2.75) is 19.4 Å². The smallest absolute Gasteiger partial charge is 0.344 e. The summed E-state index contributed by atoms with van der Waals surface area (Å²) in [7, 11) is 1.51. The first kappa shape index (κ1) is 17.3. The average molecular weight is 331 g/mol. The Labute approximate surface area is 138 Å². The molecule has 24 heavy (non-hydrogen) atoms. The Morgan fingerprint density at radius 3 is 2.42 bits per heavy atom. The van der Waals surface area contributed by atoms with Crippen LogP contribution < -0.4 is 0 Å². The summed E-state index contributed by atoms with van der Waals surface area (Å²) >= 11 is 0. The molecule has 1 atom stereocenters. The predicted molar refractivity (Wildman–Crippen MR) is 84.1 cm³/mol. The molecule has 2 N–H and O–H groups in total. The summed E-state index contributed by atoms with van der Waals surface area (Å²) in [6.07, 6.45) is -0.307. The van der Waals surface area contributed by atoms with Gasteiger partial charge in [-0.3, -0.25) is 9.59 Å². The van der Waals surface area contributed by atoms with Crippen molar-refractivity contribution >= 4 is 17.7 Å². The van der Waals surface area contributed by atoms with E-state index in [1.54, 1.807) is 30.3 Å². The number of rotatable bonds is 6. The third kappa shape index (κ3) is 3.62. The number of carbonyl (C=O) groups is 3. The van der Waals surface area contributed by atoms with Crippen LogP contribution in [0.25, 0.3) is 0 Å². The van der Waals surface area contributed by atoms with Crippen LogP contribution in [0, 0.1) is 0 Å². The number of aliphatic carboxylic acids is 1. The molecule has 0 saturated heterocycles. The second-order valence-electron chi connectivity index (χ2n) is 5.30. The molecule has 7 heteroatoms. The first-order chi connectivity index (χ1) is 11.3. The first-order valence-electron chi connectivity index (χ1n) is 7.20. The lowest BCUT2D eigenvalue weighted by atomic mass is 10.1. The minimum absolute atomic E-state index is 0.101. The van der Waals surface area contributed by atoms with E-state index in [0.717, 1.165) is 0 Å². The highest BCUT2D eigenvalue weighted by Gasteiger charge is 2.27. The number of aryl methyl sites for hydroxylation is 1. The SMILES string of the molecule is CC(OC(=O)c1c(O)cn(C)c1CC(=O)O)C(=O)c1ccccc1. The Morgan fingerprint density at radius 2 is 1.83 bits per heavy atom. The minimum Gasteiger partial charge on any atom is -0.505 e. The Hall–Kier alpha value is -3.09. The minimum atomic E-state index is -1.15. The molecular weight excluding hydrogens is 314 g/mol. The van der Waals surface area contributed by atoms with Crippen molar-refractivity contribution in [1.29, 1.82) is 0 Å². The maximum Gasteiger partial charge on any atom is 0.344 e. The molecule has 0 aliphatic rings. The summed E-state index contributed by atoms with van der Waals surface area (Å²) in [5.74, 6) is -2.88. The molecule has 2 rings (SSSR count). The van der Waals surface area contributed by atoms with Gasteiger partial charge in [-0.05, 0) is 6.92 Å². The zero-order valence-corrected chi connectivity index (χ0v) is 13.2. The van der Waals surface area contributed by atoms with E-state index in [-0.39, 0.29) is 17.0 Å². The van der Waals surface area contributed by atoms with E-state index in [0.29, 0.717) is 5.56 Å². The number of ether oxygens (including phenoxy) is 1.